The summed E-state index contributed by atoms with van der Waals surface area (Å²) in [6, 6.07) is 14.2. The number of carbonyl (C=O) groups is 1. The minimum absolute atomic E-state index is 0.0285. The van der Waals surface area contributed by atoms with Crippen LogP contribution in [0.5, 0.6) is 0 Å². The highest BCUT2D eigenvalue weighted by Crippen LogP contribution is 2.24. The second kappa shape index (κ2) is 11.0. The third kappa shape index (κ3) is 5.91. The molecule has 2 heterocycles. The third-order valence-electron chi connectivity index (χ3n) is 5.72. The molecule has 1 aliphatic rings. The number of aryl methyl sites for hydroxylation is 1. The SMILES string of the molecule is Cc1ccc(-n2cnnc2SCC(=O)NCc2ccccc2CN2CCCCC2)cc1Cl. The molecule has 0 radical (unpaired) electrons. The molecule has 1 fully saturated rings. The summed E-state index contributed by atoms with van der Waals surface area (Å²) in [5.74, 6) is 0.242. The van der Waals surface area contributed by atoms with Crippen molar-refractivity contribution < 1.29 is 4.79 Å². The van der Waals surface area contributed by atoms with Crippen molar-refractivity contribution in [3.63, 3.8) is 0 Å². The molecule has 0 unspecified atom stereocenters. The van der Waals surface area contributed by atoms with Crippen LogP contribution in [0, 0.1) is 6.92 Å². The number of likely N-dealkylation sites (tertiary alicyclic amines) is 1. The van der Waals surface area contributed by atoms with E-state index in [0.29, 0.717) is 16.7 Å². The van der Waals surface area contributed by atoms with E-state index in [2.05, 4.69) is 38.6 Å². The molecule has 2 aromatic carbocycles. The largest absolute Gasteiger partial charge is 0.351 e. The van der Waals surface area contributed by atoms with Crippen LogP contribution in [-0.4, -0.2) is 44.4 Å². The molecule has 0 bridgehead atoms. The molecule has 1 saturated heterocycles. The first-order valence-corrected chi connectivity index (χ1v) is 12.3. The van der Waals surface area contributed by atoms with E-state index in [1.807, 2.05) is 35.8 Å². The van der Waals surface area contributed by atoms with Crippen LogP contribution in [0.4, 0.5) is 0 Å². The number of hydrogen-bond acceptors (Lipinski definition) is 5. The number of aromatic nitrogens is 3. The Labute approximate surface area is 198 Å². The fraction of sp³-hybridized carbons (Fsp3) is 0.375. The van der Waals surface area contributed by atoms with E-state index >= 15 is 0 Å². The number of nitrogens with one attached hydrogen (secondary N) is 1. The van der Waals surface area contributed by atoms with Gasteiger partial charge in [0.1, 0.15) is 6.33 Å². The van der Waals surface area contributed by atoms with Gasteiger partial charge in [0, 0.05) is 18.1 Å². The van der Waals surface area contributed by atoms with Gasteiger partial charge in [-0.3, -0.25) is 14.3 Å². The minimum Gasteiger partial charge on any atom is -0.351 e. The van der Waals surface area contributed by atoms with Crippen LogP contribution in [-0.2, 0) is 17.9 Å². The lowest BCUT2D eigenvalue weighted by atomic mass is 10.0. The quantitative estimate of drug-likeness (QED) is 0.487. The standard InChI is InChI=1S/C24H28ClN5OS/c1-18-9-10-21(13-22(18)25)30-17-27-28-24(30)32-16-23(31)26-14-19-7-3-4-8-20(19)15-29-11-5-2-6-12-29/h3-4,7-10,13,17H,2,5-6,11-12,14-16H2,1H3,(H,26,31). The highest BCUT2D eigenvalue weighted by molar-refractivity contribution is 7.99. The monoisotopic (exact) mass is 469 g/mol. The van der Waals surface area contributed by atoms with Gasteiger partial charge in [-0.25, -0.2) is 0 Å². The highest BCUT2D eigenvalue weighted by Gasteiger charge is 2.14. The lowest BCUT2D eigenvalue weighted by Gasteiger charge is -2.27. The van der Waals surface area contributed by atoms with E-state index < -0.39 is 0 Å². The number of nitrogens with zero attached hydrogens (tertiary/aromatic N) is 4. The molecule has 168 valence electrons. The Morgan fingerprint density at radius 2 is 1.91 bits per heavy atom. The molecule has 1 aliphatic heterocycles. The first-order valence-electron chi connectivity index (χ1n) is 11.0. The van der Waals surface area contributed by atoms with Crippen LogP contribution < -0.4 is 5.32 Å². The van der Waals surface area contributed by atoms with Gasteiger partial charge < -0.3 is 5.32 Å². The van der Waals surface area contributed by atoms with Gasteiger partial charge in [-0.15, -0.1) is 10.2 Å². The van der Waals surface area contributed by atoms with Crippen molar-refractivity contribution in [3.8, 4) is 5.69 Å². The number of piperidine rings is 1. The Hall–Kier alpha value is -2.35. The maximum Gasteiger partial charge on any atom is 0.230 e. The summed E-state index contributed by atoms with van der Waals surface area (Å²) in [4.78, 5) is 15.0. The summed E-state index contributed by atoms with van der Waals surface area (Å²) in [5.41, 5.74) is 4.35. The van der Waals surface area contributed by atoms with Crippen molar-refractivity contribution in [1.29, 1.82) is 0 Å². The second-order valence-corrected chi connectivity index (χ2v) is 9.44. The van der Waals surface area contributed by atoms with Crippen molar-refractivity contribution in [1.82, 2.24) is 25.0 Å². The fourth-order valence-corrected chi connectivity index (χ4v) is 4.78. The Bertz CT molecular complexity index is 1060. The summed E-state index contributed by atoms with van der Waals surface area (Å²) < 4.78 is 1.84. The molecular weight excluding hydrogens is 442 g/mol. The summed E-state index contributed by atoms with van der Waals surface area (Å²) in [7, 11) is 0. The molecule has 1 amide bonds. The van der Waals surface area contributed by atoms with Crippen LogP contribution in [0.1, 0.15) is 36.0 Å². The number of thioether (sulfide) groups is 1. The smallest absolute Gasteiger partial charge is 0.230 e. The number of amides is 1. The summed E-state index contributed by atoms with van der Waals surface area (Å²) >= 11 is 7.62. The Balaban J connectivity index is 1.32. The maximum absolute atomic E-state index is 12.5. The molecule has 32 heavy (non-hydrogen) atoms. The van der Waals surface area contributed by atoms with E-state index in [1.165, 1.54) is 42.2 Å². The first kappa shape index (κ1) is 22.8. The van der Waals surface area contributed by atoms with Gasteiger partial charge in [-0.05, 0) is 61.7 Å². The van der Waals surface area contributed by atoms with Crippen LogP contribution in [0.25, 0.3) is 5.69 Å². The number of hydrogen-bond donors (Lipinski definition) is 1. The zero-order valence-corrected chi connectivity index (χ0v) is 19.8. The number of carbonyl (C=O) groups excluding carboxylic acids is 1. The average Bonchev–Trinajstić information content (AvgIpc) is 3.28. The van der Waals surface area contributed by atoms with Gasteiger partial charge in [0.05, 0.1) is 11.4 Å². The van der Waals surface area contributed by atoms with E-state index in [1.54, 1.807) is 6.33 Å². The van der Waals surface area contributed by atoms with Crippen molar-refractivity contribution in [2.24, 2.45) is 0 Å². The number of rotatable bonds is 8. The molecule has 0 spiro atoms. The summed E-state index contributed by atoms with van der Waals surface area (Å²) in [6.45, 7) is 5.75. The molecule has 0 atom stereocenters. The lowest BCUT2D eigenvalue weighted by Crippen LogP contribution is -2.30. The van der Waals surface area contributed by atoms with Gasteiger partial charge in [0.15, 0.2) is 5.16 Å². The van der Waals surface area contributed by atoms with Gasteiger partial charge in [0.2, 0.25) is 5.91 Å². The Morgan fingerprint density at radius 1 is 1.12 bits per heavy atom. The van der Waals surface area contributed by atoms with Crippen molar-refractivity contribution in [2.75, 3.05) is 18.8 Å². The van der Waals surface area contributed by atoms with Crippen LogP contribution in [0.2, 0.25) is 5.02 Å². The van der Waals surface area contributed by atoms with Crippen LogP contribution in [0.15, 0.2) is 53.9 Å². The van der Waals surface area contributed by atoms with Crippen molar-refractivity contribution in [2.45, 2.75) is 44.4 Å². The van der Waals surface area contributed by atoms with Gasteiger partial charge in [-0.1, -0.05) is 60.1 Å². The first-order chi connectivity index (χ1) is 15.6. The Kier molecular flexibility index (Phi) is 7.84. The molecule has 1 N–H and O–H groups in total. The van der Waals surface area contributed by atoms with E-state index in [9.17, 15) is 4.79 Å². The third-order valence-corrected chi connectivity index (χ3v) is 7.07. The molecule has 3 aromatic rings. The van der Waals surface area contributed by atoms with Crippen LogP contribution in [0.3, 0.4) is 0 Å². The van der Waals surface area contributed by atoms with Gasteiger partial charge >= 0.3 is 0 Å². The molecule has 1 aromatic heterocycles. The summed E-state index contributed by atoms with van der Waals surface area (Å²) in [5, 5.41) is 12.6. The lowest BCUT2D eigenvalue weighted by molar-refractivity contribution is -0.118. The normalized spacial score (nSPS) is 14.4. The zero-order chi connectivity index (χ0) is 22.3. The van der Waals surface area contributed by atoms with E-state index in [4.69, 9.17) is 11.6 Å². The highest BCUT2D eigenvalue weighted by atomic mass is 35.5. The predicted octanol–water partition coefficient (Wildman–Crippen LogP) is 4.62. The van der Waals surface area contributed by atoms with Gasteiger partial charge in [-0.2, -0.15) is 0 Å². The summed E-state index contributed by atoms with van der Waals surface area (Å²) in [6.07, 6.45) is 5.51. The molecule has 4 rings (SSSR count). The fourth-order valence-electron chi connectivity index (χ4n) is 3.85. The van der Waals surface area contributed by atoms with Crippen molar-refractivity contribution >= 4 is 29.3 Å². The molecule has 8 heteroatoms. The predicted molar refractivity (Wildman–Crippen MR) is 129 cm³/mol. The molecule has 0 aliphatic carbocycles. The molecule has 6 nitrogen and oxygen atoms in total. The van der Waals surface area contributed by atoms with E-state index in [-0.39, 0.29) is 11.7 Å². The number of halogens is 1. The molecular formula is C24H28ClN5OS. The maximum atomic E-state index is 12.5. The number of benzene rings is 2. The van der Waals surface area contributed by atoms with Crippen LogP contribution >= 0.6 is 23.4 Å². The molecule has 0 saturated carbocycles. The van der Waals surface area contributed by atoms with Gasteiger partial charge in [0.25, 0.3) is 0 Å². The zero-order valence-electron chi connectivity index (χ0n) is 18.3. The minimum atomic E-state index is -0.0285. The Morgan fingerprint density at radius 3 is 2.69 bits per heavy atom. The average molecular weight is 470 g/mol. The second-order valence-electron chi connectivity index (χ2n) is 8.09. The van der Waals surface area contributed by atoms with Crippen molar-refractivity contribution in [3.05, 3.63) is 70.5 Å². The van der Waals surface area contributed by atoms with E-state index in [0.717, 1.165) is 30.9 Å². The topological polar surface area (TPSA) is 63.1 Å².